The largest absolute Gasteiger partial charge is 0.351 e. The van der Waals surface area contributed by atoms with Gasteiger partial charge in [-0.3, -0.25) is 14.9 Å². The van der Waals surface area contributed by atoms with Crippen LogP contribution in [0.15, 0.2) is 34.2 Å². The van der Waals surface area contributed by atoms with Gasteiger partial charge in [0.25, 0.3) is 11.6 Å². The van der Waals surface area contributed by atoms with Gasteiger partial charge < -0.3 is 4.90 Å². The number of aliphatic imine (C=N–C) groups is 1. The molecule has 2 aliphatic rings. The number of nitro groups is 1. The minimum Gasteiger partial charge on any atom is -0.351 e. The van der Waals surface area contributed by atoms with Crippen LogP contribution in [0.2, 0.25) is 0 Å². The van der Waals surface area contributed by atoms with E-state index in [0.29, 0.717) is 10.5 Å². The highest BCUT2D eigenvalue weighted by molar-refractivity contribution is 8.18. The molecule has 3 rings (SSSR count). The number of likely N-dealkylation sites (tertiary alicyclic amines) is 1. The van der Waals surface area contributed by atoms with Crippen molar-refractivity contribution in [1.29, 1.82) is 0 Å². The highest BCUT2D eigenvalue weighted by atomic mass is 32.2. The quantitative estimate of drug-likeness (QED) is 0.477. The lowest BCUT2D eigenvalue weighted by Gasteiger charge is -2.14. The molecule has 1 amide bonds. The Labute approximate surface area is 125 Å². The Morgan fingerprint density at radius 2 is 2.10 bits per heavy atom. The summed E-state index contributed by atoms with van der Waals surface area (Å²) in [5, 5.41) is 11.5. The number of nitro benzene ring substituents is 1. The molecule has 0 radical (unpaired) electrons. The molecule has 1 aromatic carbocycles. The highest BCUT2D eigenvalue weighted by Crippen LogP contribution is 2.32. The molecule has 1 saturated heterocycles. The zero-order valence-electron chi connectivity index (χ0n) is 11.2. The van der Waals surface area contributed by atoms with E-state index in [2.05, 4.69) is 9.89 Å². The van der Waals surface area contributed by atoms with E-state index in [4.69, 9.17) is 0 Å². The zero-order chi connectivity index (χ0) is 14.8. The predicted molar refractivity (Wildman–Crippen MR) is 81.9 cm³/mol. The van der Waals surface area contributed by atoms with Crippen molar-refractivity contribution < 1.29 is 9.72 Å². The number of benzene rings is 1. The fourth-order valence-corrected chi connectivity index (χ4v) is 3.29. The second-order valence-electron chi connectivity index (χ2n) is 4.86. The number of amidine groups is 1. The number of rotatable bonds is 2. The minimum atomic E-state index is -0.447. The molecule has 1 aromatic rings. The first-order valence-corrected chi connectivity index (χ1v) is 7.47. The second kappa shape index (κ2) is 5.69. The van der Waals surface area contributed by atoms with Crippen molar-refractivity contribution in [3.8, 4) is 0 Å². The van der Waals surface area contributed by atoms with Gasteiger partial charge in [0.05, 0.1) is 9.83 Å². The maximum atomic E-state index is 11.9. The third-order valence-electron chi connectivity index (χ3n) is 3.36. The Bertz CT molecular complexity index is 663. The molecule has 2 heterocycles. The lowest BCUT2D eigenvalue weighted by Crippen LogP contribution is -2.23. The van der Waals surface area contributed by atoms with Gasteiger partial charge in [-0.2, -0.15) is 4.99 Å². The topological polar surface area (TPSA) is 75.8 Å². The third-order valence-corrected chi connectivity index (χ3v) is 4.41. The summed E-state index contributed by atoms with van der Waals surface area (Å²) in [6.07, 6.45) is 3.90. The first-order chi connectivity index (χ1) is 10.1. The van der Waals surface area contributed by atoms with Gasteiger partial charge in [0.1, 0.15) is 0 Å². The predicted octanol–water partition coefficient (Wildman–Crippen LogP) is 2.66. The Morgan fingerprint density at radius 1 is 1.33 bits per heavy atom. The average Bonchev–Trinajstić information content (AvgIpc) is 3.10. The number of hydrogen-bond donors (Lipinski definition) is 0. The van der Waals surface area contributed by atoms with Gasteiger partial charge >= 0.3 is 0 Å². The Morgan fingerprint density at radius 3 is 2.81 bits per heavy atom. The summed E-state index contributed by atoms with van der Waals surface area (Å²) < 4.78 is 0. The van der Waals surface area contributed by atoms with Crippen LogP contribution >= 0.6 is 11.8 Å². The lowest BCUT2D eigenvalue weighted by atomic mass is 10.2. The molecule has 0 aliphatic carbocycles. The van der Waals surface area contributed by atoms with E-state index in [-0.39, 0.29) is 11.6 Å². The number of amides is 1. The monoisotopic (exact) mass is 303 g/mol. The number of nitrogens with zero attached hydrogens (tertiary/aromatic N) is 3. The van der Waals surface area contributed by atoms with E-state index in [1.165, 1.54) is 23.9 Å². The molecule has 21 heavy (non-hydrogen) atoms. The van der Waals surface area contributed by atoms with E-state index >= 15 is 0 Å². The average molecular weight is 303 g/mol. The molecule has 6 nitrogen and oxygen atoms in total. The maximum absolute atomic E-state index is 11.9. The summed E-state index contributed by atoms with van der Waals surface area (Å²) in [5.41, 5.74) is 0.651. The zero-order valence-corrected chi connectivity index (χ0v) is 12.0. The molecule has 0 N–H and O–H groups in total. The molecule has 1 fully saturated rings. The molecule has 0 unspecified atom stereocenters. The Kier molecular flexibility index (Phi) is 3.74. The first kappa shape index (κ1) is 13.8. The van der Waals surface area contributed by atoms with E-state index in [0.717, 1.165) is 31.1 Å². The van der Waals surface area contributed by atoms with Crippen molar-refractivity contribution in [1.82, 2.24) is 4.90 Å². The van der Waals surface area contributed by atoms with Gasteiger partial charge in [-0.05, 0) is 36.2 Å². The fourth-order valence-electron chi connectivity index (χ4n) is 2.32. The van der Waals surface area contributed by atoms with Crippen molar-refractivity contribution in [3.63, 3.8) is 0 Å². The SMILES string of the molecule is O=C1N=C(N2CCCC2)S/C1=C/c1cccc([N+](=O)[O-])c1. The summed E-state index contributed by atoms with van der Waals surface area (Å²) in [6, 6.07) is 6.23. The van der Waals surface area contributed by atoms with Crippen molar-refractivity contribution >= 4 is 34.6 Å². The number of thioether (sulfide) groups is 1. The van der Waals surface area contributed by atoms with Crippen LogP contribution < -0.4 is 0 Å². The summed E-state index contributed by atoms with van der Waals surface area (Å²) in [5.74, 6) is -0.270. The van der Waals surface area contributed by atoms with Crippen LogP contribution in [-0.2, 0) is 4.79 Å². The minimum absolute atomic E-state index is 0.0143. The smallest absolute Gasteiger partial charge is 0.286 e. The molecular formula is C14H13N3O3S. The van der Waals surface area contributed by atoms with Crippen LogP contribution in [0.3, 0.4) is 0 Å². The normalized spacial score (nSPS) is 20.2. The van der Waals surface area contributed by atoms with Crippen LogP contribution in [0.5, 0.6) is 0 Å². The van der Waals surface area contributed by atoms with E-state index < -0.39 is 4.92 Å². The number of carbonyl (C=O) groups is 1. The van der Waals surface area contributed by atoms with Crippen LogP contribution in [0, 0.1) is 10.1 Å². The summed E-state index contributed by atoms with van der Waals surface area (Å²) in [4.78, 5) is 28.9. The molecule has 0 bridgehead atoms. The maximum Gasteiger partial charge on any atom is 0.286 e. The van der Waals surface area contributed by atoms with Gasteiger partial charge in [0.15, 0.2) is 5.17 Å². The molecule has 7 heteroatoms. The number of hydrogen-bond acceptors (Lipinski definition) is 5. The van der Waals surface area contributed by atoms with Crippen LogP contribution in [-0.4, -0.2) is 34.0 Å². The van der Waals surface area contributed by atoms with E-state index in [1.807, 2.05) is 0 Å². The van der Waals surface area contributed by atoms with Gasteiger partial charge in [-0.25, -0.2) is 0 Å². The summed E-state index contributed by atoms with van der Waals surface area (Å²) in [7, 11) is 0. The van der Waals surface area contributed by atoms with Gasteiger partial charge in [0, 0.05) is 25.2 Å². The third kappa shape index (κ3) is 2.97. The van der Waals surface area contributed by atoms with Crippen LogP contribution in [0.1, 0.15) is 18.4 Å². The van der Waals surface area contributed by atoms with E-state index in [1.54, 1.807) is 18.2 Å². The van der Waals surface area contributed by atoms with Crippen molar-refractivity contribution in [2.75, 3.05) is 13.1 Å². The Hall–Kier alpha value is -2.15. The molecule has 2 aliphatic heterocycles. The van der Waals surface area contributed by atoms with Crippen molar-refractivity contribution in [3.05, 3.63) is 44.8 Å². The first-order valence-electron chi connectivity index (χ1n) is 6.65. The standard InChI is InChI=1S/C14H13N3O3S/c18-13-12(21-14(15-13)16-6-1-2-7-16)9-10-4-3-5-11(8-10)17(19)20/h3-5,8-9H,1-2,6-7H2/b12-9+. The van der Waals surface area contributed by atoms with Gasteiger partial charge in [0.2, 0.25) is 0 Å². The fraction of sp³-hybridized carbons (Fsp3) is 0.286. The molecule has 0 aromatic heterocycles. The van der Waals surface area contributed by atoms with Crippen molar-refractivity contribution in [2.45, 2.75) is 12.8 Å². The number of carbonyl (C=O) groups excluding carboxylic acids is 1. The molecule has 108 valence electrons. The Balaban J connectivity index is 1.80. The van der Waals surface area contributed by atoms with Crippen LogP contribution in [0.25, 0.3) is 6.08 Å². The number of non-ortho nitro benzene ring substituents is 1. The van der Waals surface area contributed by atoms with Crippen molar-refractivity contribution in [2.24, 2.45) is 4.99 Å². The summed E-state index contributed by atoms with van der Waals surface area (Å²) >= 11 is 1.34. The van der Waals surface area contributed by atoms with Crippen LogP contribution in [0.4, 0.5) is 5.69 Å². The van der Waals surface area contributed by atoms with E-state index in [9.17, 15) is 14.9 Å². The van der Waals surface area contributed by atoms with Gasteiger partial charge in [-0.15, -0.1) is 0 Å². The summed E-state index contributed by atoms with van der Waals surface area (Å²) in [6.45, 7) is 1.87. The molecule has 0 atom stereocenters. The lowest BCUT2D eigenvalue weighted by molar-refractivity contribution is -0.384. The molecule has 0 saturated carbocycles. The second-order valence-corrected chi connectivity index (χ2v) is 5.87. The van der Waals surface area contributed by atoms with Gasteiger partial charge in [-0.1, -0.05) is 12.1 Å². The molecule has 0 spiro atoms. The molecular weight excluding hydrogens is 290 g/mol. The highest BCUT2D eigenvalue weighted by Gasteiger charge is 2.27.